The zero-order chi connectivity index (χ0) is 19.2. The van der Waals surface area contributed by atoms with Gasteiger partial charge >= 0.3 is 0 Å². The molecule has 2 amide bonds. The largest absolute Gasteiger partial charge is 0.312 e. The third-order valence-corrected chi connectivity index (χ3v) is 5.20. The van der Waals surface area contributed by atoms with E-state index in [0.717, 1.165) is 30.6 Å². The maximum Gasteiger partial charge on any atom is 0.232 e. The second kappa shape index (κ2) is 8.85. The van der Waals surface area contributed by atoms with Gasteiger partial charge in [-0.1, -0.05) is 50.6 Å². The first-order chi connectivity index (χ1) is 13.1. The average Bonchev–Trinajstić information content (AvgIpc) is 3.10. The number of aryl methyl sites for hydroxylation is 1. The van der Waals surface area contributed by atoms with Crippen LogP contribution in [-0.2, 0) is 16.0 Å². The number of carbonyl (C=O) groups is 2. The summed E-state index contributed by atoms with van der Waals surface area (Å²) in [6.45, 7) is 5.38. The number of unbranched alkanes of at least 4 members (excludes halogenated alkanes) is 1. The van der Waals surface area contributed by atoms with Gasteiger partial charge in [0.2, 0.25) is 11.8 Å². The predicted molar refractivity (Wildman–Crippen MR) is 110 cm³/mol. The Morgan fingerprint density at radius 2 is 1.78 bits per heavy atom. The fraction of sp³-hybridized carbons (Fsp3) is 0.391. The Morgan fingerprint density at radius 1 is 1.07 bits per heavy atom. The van der Waals surface area contributed by atoms with Crippen LogP contribution in [0.5, 0.6) is 0 Å². The second-order valence-corrected chi connectivity index (χ2v) is 7.10. The normalized spacial score (nSPS) is 16.6. The van der Waals surface area contributed by atoms with E-state index in [0.29, 0.717) is 13.1 Å². The van der Waals surface area contributed by atoms with E-state index in [2.05, 4.69) is 26.0 Å². The molecule has 4 heteroatoms. The zero-order valence-corrected chi connectivity index (χ0v) is 16.2. The molecule has 0 aliphatic carbocycles. The highest BCUT2D eigenvalue weighted by Gasteiger charge is 2.37. The van der Waals surface area contributed by atoms with E-state index >= 15 is 0 Å². The molecule has 1 saturated heterocycles. The van der Waals surface area contributed by atoms with Crippen molar-refractivity contribution in [3.63, 3.8) is 0 Å². The number of carbonyl (C=O) groups excluding carboxylic acids is 2. The summed E-state index contributed by atoms with van der Waals surface area (Å²) in [5.74, 6) is -0.211. The second-order valence-electron chi connectivity index (χ2n) is 7.10. The third-order valence-electron chi connectivity index (χ3n) is 5.20. The van der Waals surface area contributed by atoms with Gasteiger partial charge in [0, 0.05) is 30.9 Å². The van der Waals surface area contributed by atoms with Crippen LogP contribution in [0.4, 0.5) is 11.4 Å². The Hall–Kier alpha value is -2.62. The lowest BCUT2D eigenvalue weighted by Gasteiger charge is -2.26. The molecule has 1 aliphatic rings. The van der Waals surface area contributed by atoms with Crippen LogP contribution in [0.1, 0.15) is 38.7 Å². The third kappa shape index (κ3) is 4.38. The van der Waals surface area contributed by atoms with Gasteiger partial charge in [-0.2, -0.15) is 0 Å². The van der Waals surface area contributed by atoms with Gasteiger partial charge in [-0.05, 0) is 42.7 Å². The topological polar surface area (TPSA) is 40.6 Å². The molecular formula is C23H28N2O2. The molecule has 0 aromatic heterocycles. The minimum Gasteiger partial charge on any atom is -0.312 e. The number of hydrogen-bond acceptors (Lipinski definition) is 2. The molecule has 3 rings (SSSR count). The quantitative estimate of drug-likeness (QED) is 0.729. The number of para-hydroxylation sites is 1. The van der Waals surface area contributed by atoms with E-state index in [1.165, 1.54) is 5.56 Å². The Balaban J connectivity index is 1.76. The molecule has 1 heterocycles. The van der Waals surface area contributed by atoms with Crippen LogP contribution in [0.25, 0.3) is 0 Å². The van der Waals surface area contributed by atoms with Crippen molar-refractivity contribution >= 4 is 23.2 Å². The Kier molecular flexibility index (Phi) is 6.28. The van der Waals surface area contributed by atoms with Crippen molar-refractivity contribution in [1.29, 1.82) is 0 Å². The SMILES string of the molecule is CCCCN(C(=O)C1CC(=O)N(c2ccc(CC)cc2)C1)c1ccccc1. The first-order valence-corrected chi connectivity index (χ1v) is 9.89. The fourth-order valence-corrected chi connectivity index (χ4v) is 3.55. The standard InChI is InChI=1S/C23H28N2O2/c1-3-5-15-24(20-9-7-6-8-10-20)23(27)19-16-22(26)25(17-19)21-13-11-18(4-2)12-14-21/h6-14,19H,3-5,15-17H2,1-2H3. The van der Waals surface area contributed by atoms with Crippen LogP contribution >= 0.6 is 0 Å². The van der Waals surface area contributed by atoms with Crippen molar-refractivity contribution < 1.29 is 9.59 Å². The Labute approximate surface area is 161 Å². The van der Waals surface area contributed by atoms with Crippen molar-refractivity contribution in [2.45, 2.75) is 39.5 Å². The van der Waals surface area contributed by atoms with Gasteiger partial charge < -0.3 is 9.80 Å². The van der Waals surface area contributed by atoms with Gasteiger partial charge in [0.1, 0.15) is 0 Å². The highest BCUT2D eigenvalue weighted by atomic mass is 16.2. The average molecular weight is 364 g/mol. The van der Waals surface area contributed by atoms with E-state index in [4.69, 9.17) is 0 Å². The lowest BCUT2D eigenvalue weighted by molar-refractivity contribution is -0.124. The summed E-state index contributed by atoms with van der Waals surface area (Å²) in [5.41, 5.74) is 3.04. The van der Waals surface area contributed by atoms with E-state index in [1.54, 1.807) is 4.90 Å². The van der Waals surface area contributed by atoms with Crippen LogP contribution in [0.15, 0.2) is 54.6 Å². The first kappa shape index (κ1) is 19.2. The molecule has 0 spiro atoms. The molecule has 0 saturated carbocycles. The predicted octanol–water partition coefficient (Wildman–Crippen LogP) is 4.44. The van der Waals surface area contributed by atoms with Gasteiger partial charge in [-0.25, -0.2) is 0 Å². The van der Waals surface area contributed by atoms with Crippen molar-refractivity contribution in [2.75, 3.05) is 22.9 Å². The molecule has 1 unspecified atom stereocenters. The molecule has 0 radical (unpaired) electrons. The summed E-state index contributed by atoms with van der Waals surface area (Å²) >= 11 is 0. The maximum atomic E-state index is 13.2. The smallest absolute Gasteiger partial charge is 0.232 e. The minimum absolute atomic E-state index is 0.0288. The molecule has 4 nitrogen and oxygen atoms in total. The molecule has 1 atom stereocenters. The number of hydrogen-bond donors (Lipinski definition) is 0. The molecule has 27 heavy (non-hydrogen) atoms. The van der Waals surface area contributed by atoms with E-state index in [1.807, 2.05) is 47.4 Å². The number of amides is 2. The monoisotopic (exact) mass is 364 g/mol. The zero-order valence-electron chi connectivity index (χ0n) is 16.2. The highest BCUT2D eigenvalue weighted by Crippen LogP contribution is 2.28. The van der Waals surface area contributed by atoms with Crippen LogP contribution in [0.2, 0.25) is 0 Å². The molecule has 1 fully saturated rings. The highest BCUT2D eigenvalue weighted by molar-refractivity contribution is 6.04. The van der Waals surface area contributed by atoms with Gasteiger partial charge in [-0.3, -0.25) is 9.59 Å². The van der Waals surface area contributed by atoms with Crippen LogP contribution in [-0.4, -0.2) is 24.9 Å². The van der Waals surface area contributed by atoms with Gasteiger partial charge in [0.25, 0.3) is 0 Å². The molecule has 0 N–H and O–H groups in total. The van der Waals surface area contributed by atoms with E-state index in [9.17, 15) is 9.59 Å². The van der Waals surface area contributed by atoms with Crippen LogP contribution < -0.4 is 9.80 Å². The van der Waals surface area contributed by atoms with Crippen molar-refractivity contribution in [1.82, 2.24) is 0 Å². The van der Waals surface area contributed by atoms with Crippen LogP contribution in [0, 0.1) is 5.92 Å². The fourth-order valence-electron chi connectivity index (χ4n) is 3.55. The summed E-state index contributed by atoms with van der Waals surface area (Å²) in [6, 6.07) is 17.8. The molecule has 2 aromatic rings. The van der Waals surface area contributed by atoms with Crippen molar-refractivity contribution in [3.05, 3.63) is 60.2 Å². The molecule has 2 aromatic carbocycles. The molecular weight excluding hydrogens is 336 g/mol. The lowest BCUT2D eigenvalue weighted by atomic mass is 10.1. The minimum atomic E-state index is -0.291. The summed E-state index contributed by atoms with van der Waals surface area (Å²) in [4.78, 5) is 29.4. The summed E-state index contributed by atoms with van der Waals surface area (Å²) in [6.07, 6.45) is 3.22. The number of benzene rings is 2. The van der Waals surface area contributed by atoms with E-state index < -0.39 is 0 Å². The number of anilines is 2. The Morgan fingerprint density at radius 3 is 2.41 bits per heavy atom. The maximum absolute atomic E-state index is 13.2. The summed E-state index contributed by atoms with van der Waals surface area (Å²) < 4.78 is 0. The van der Waals surface area contributed by atoms with Crippen molar-refractivity contribution in [3.8, 4) is 0 Å². The number of rotatable bonds is 7. The van der Waals surface area contributed by atoms with E-state index in [-0.39, 0.29) is 24.2 Å². The summed E-state index contributed by atoms with van der Waals surface area (Å²) in [5, 5.41) is 0. The molecule has 142 valence electrons. The summed E-state index contributed by atoms with van der Waals surface area (Å²) in [7, 11) is 0. The lowest BCUT2D eigenvalue weighted by Crippen LogP contribution is -2.38. The molecule has 1 aliphatic heterocycles. The number of nitrogens with zero attached hydrogens (tertiary/aromatic N) is 2. The van der Waals surface area contributed by atoms with Crippen molar-refractivity contribution in [2.24, 2.45) is 5.92 Å². The Bertz CT molecular complexity index is 771. The van der Waals surface area contributed by atoms with Crippen LogP contribution in [0.3, 0.4) is 0 Å². The van der Waals surface area contributed by atoms with Gasteiger partial charge in [0.05, 0.1) is 5.92 Å². The first-order valence-electron chi connectivity index (χ1n) is 9.89. The van der Waals surface area contributed by atoms with Gasteiger partial charge in [-0.15, -0.1) is 0 Å². The van der Waals surface area contributed by atoms with Gasteiger partial charge in [0.15, 0.2) is 0 Å². The molecule has 0 bridgehead atoms.